The van der Waals surface area contributed by atoms with E-state index in [1.54, 1.807) is 31.3 Å². The SMILES string of the molecule is Cc1ccc(OCc2cccnc2C(N)=S)cc1F. The minimum atomic E-state index is -0.293. The zero-order chi connectivity index (χ0) is 13.8. The first-order chi connectivity index (χ1) is 9.08. The number of aryl methyl sites for hydroxylation is 1. The van der Waals surface area contributed by atoms with Crippen molar-refractivity contribution in [3.05, 3.63) is 59.2 Å². The molecule has 19 heavy (non-hydrogen) atoms. The molecule has 0 fully saturated rings. The molecular formula is C14H13FN2OS. The number of rotatable bonds is 4. The molecule has 2 aromatic rings. The summed E-state index contributed by atoms with van der Waals surface area (Å²) < 4.78 is 18.9. The van der Waals surface area contributed by atoms with Crippen molar-refractivity contribution in [2.75, 3.05) is 0 Å². The molecule has 0 amide bonds. The second-order valence-electron chi connectivity index (χ2n) is 4.08. The lowest BCUT2D eigenvalue weighted by Crippen LogP contribution is -2.15. The molecule has 3 nitrogen and oxygen atoms in total. The summed E-state index contributed by atoms with van der Waals surface area (Å²) in [5.41, 5.74) is 7.47. The lowest BCUT2D eigenvalue weighted by atomic mass is 10.2. The highest BCUT2D eigenvalue weighted by Crippen LogP contribution is 2.18. The minimum absolute atomic E-state index is 0.217. The maximum Gasteiger partial charge on any atom is 0.129 e. The van der Waals surface area contributed by atoms with Crippen LogP contribution in [0.2, 0.25) is 0 Å². The van der Waals surface area contributed by atoms with Crippen LogP contribution in [-0.4, -0.2) is 9.97 Å². The monoisotopic (exact) mass is 276 g/mol. The Hall–Kier alpha value is -2.01. The number of ether oxygens (including phenoxy) is 1. The maximum absolute atomic E-state index is 13.4. The van der Waals surface area contributed by atoms with Gasteiger partial charge < -0.3 is 10.5 Å². The van der Waals surface area contributed by atoms with Gasteiger partial charge in [-0.2, -0.15) is 0 Å². The Morgan fingerprint density at radius 2 is 2.21 bits per heavy atom. The molecule has 0 radical (unpaired) electrons. The van der Waals surface area contributed by atoms with Gasteiger partial charge in [-0.15, -0.1) is 0 Å². The second-order valence-corrected chi connectivity index (χ2v) is 4.51. The average Bonchev–Trinajstić information content (AvgIpc) is 2.40. The molecule has 0 spiro atoms. The smallest absolute Gasteiger partial charge is 0.129 e. The number of hydrogen-bond acceptors (Lipinski definition) is 3. The van der Waals surface area contributed by atoms with Gasteiger partial charge in [-0.25, -0.2) is 4.39 Å². The van der Waals surface area contributed by atoms with Crippen LogP contribution in [0, 0.1) is 12.7 Å². The van der Waals surface area contributed by atoms with E-state index >= 15 is 0 Å². The van der Waals surface area contributed by atoms with Gasteiger partial charge in [0.1, 0.15) is 28.9 Å². The average molecular weight is 276 g/mol. The van der Waals surface area contributed by atoms with E-state index < -0.39 is 0 Å². The van der Waals surface area contributed by atoms with Crippen LogP contribution in [0.15, 0.2) is 36.5 Å². The van der Waals surface area contributed by atoms with Crippen LogP contribution >= 0.6 is 12.2 Å². The third-order valence-electron chi connectivity index (χ3n) is 2.66. The van der Waals surface area contributed by atoms with Crippen LogP contribution in [0.1, 0.15) is 16.8 Å². The Morgan fingerprint density at radius 3 is 2.89 bits per heavy atom. The molecule has 2 N–H and O–H groups in total. The summed E-state index contributed by atoms with van der Waals surface area (Å²) in [6.07, 6.45) is 1.61. The summed E-state index contributed by atoms with van der Waals surface area (Å²) in [6, 6.07) is 8.34. The third kappa shape index (κ3) is 3.26. The molecule has 0 aliphatic heterocycles. The van der Waals surface area contributed by atoms with Crippen molar-refractivity contribution in [2.45, 2.75) is 13.5 Å². The molecule has 0 aliphatic rings. The molecule has 0 bridgehead atoms. The first kappa shape index (κ1) is 13.4. The van der Waals surface area contributed by atoms with E-state index in [-0.39, 0.29) is 17.4 Å². The number of benzene rings is 1. The van der Waals surface area contributed by atoms with E-state index in [4.69, 9.17) is 22.7 Å². The van der Waals surface area contributed by atoms with Gasteiger partial charge >= 0.3 is 0 Å². The fourth-order valence-electron chi connectivity index (χ4n) is 1.60. The summed E-state index contributed by atoms with van der Waals surface area (Å²) in [7, 11) is 0. The van der Waals surface area contributed by atoms with Crippen LogP contribution in [0.3, 0.4) is 0 Å². The maximum atomic E-state index is 13.4. The summed E-state index contributed by atoms with van der Waals surface area (Å²) in [5.74, 6) is 0.166. The summed E-state index contributed by atoms with van der Waals surface area (Å²) >= 11 is 4.92. The third-order valence-corrected chi connectivity index (χ3v) is 2.86. The number of thiocarbonyl (C=S) groups is 1. The molecule has 1 heterocycles. The highest BCUT2D eigenvalue weighted by Gasteiger charge is 2.07. The number of pyridine rings is 1. The summed E-state index contributed by atoms with van der Waals surface area (Å²) in [5, 5.41) is 0. The van der Waals surface area contributed by atoms with Gasteiger partial charge in [0.2, 0.25) is 0 Å². The second kappa shape index (κ2) is 5.75. The van der Waals surface area contributed by atoms with Crippen LogP contribution in [0.5, 0.6) is 5.75 Å². The quantitative estimate of drug-likeness (QED) is 0.872. The molecule has 1 aromatic heterocycles. The van der Waals surface area contributed by atoms with Crippen LogP contribution in [0.25, 0.3) is 0 Å². The summed E-state index contributed by atoms with van der Waals surface area (Å²) in [6.45, 7) is 1.94. The molecule has 0 aliphatic carbocycles. The molecule has 98 valence electrons. The zero-order valence-corrected chi connectivity index (χ0v) is 11.2. The highest BCUT2D eigenvalue weighted by molar-refractivity contribution is 7.80. The Labute approximate surface area is 116 Å². The van der Waals surface area contributed by atoms with Gasteiger partial charge in [0.25, 0.3) is 0 Å². The molecular weight excluding hydrogens is 263 g/mol. The van der Waals surface area contributed by atoms with Gasteiger partial charge in [0, 0.05) is 17.8 Å². The molecule has 5 heteroatoms. The van der Waals surface area contributed by atoms with Gasteiger partial charge in [-0.3, -0.25) is 4.98 Å². The number of halogens is 1. The van der Waals surface area contributed by atoms with Gasteiger partial charge in [-0.05, 0) is 24.6 Å². The van der Waals surface area contributed by atoms with E-state index in [0.717, 1.165) is 5.56 Å². The van der Waals surface area contributed by atoms with Crippen molar-refractivity contribution in [1.82, 2.24) is 4.98 Å². The van der Waals surface area contributed by atoms with E-state index in [0.29, 0.717) is 17.0 Å². The van der Waals surface area contributed by atoms with E-state index in [9.17, 15) is 4.39 Å². The summed E-state index contributed by atoms with van der Waals surface area (Å²) in [4.78, 5) is 4.32. The zero-order valence-electron chi connectivity index (χ0n) is 10.4. The van der Waals surface area contributed by atoms with Crippen LogP contribution in [0.4, 0.5) is 4.39 Å². The van der Waals surface area contributed by atoms with Crippen molar-refractivity contribution >= 4 is 17.2 Å². The molecule has 0 atom stereocenters. The largest absolute Gasteiger partial charge is 0.489 e. The van der Waals surface area contributed by atoms with Crippen LogP contribution < -0.4 is 10.5 Å². The van der Waals surface area contributed by atoms with Gasteiger partial charge in [0.15, 0.2) is 0 Å². The Balaban J connectivity index is 2.14. The molecule has 0 unspecified atom stereocenters. The Morgan fingerprint density at radius 1 is 1.42 bits per heavy atom. The first-order valence-corrected chi connectivity index (χ1v) is 6.11. The van der Waals surface area contributed by atoms with Crippen molar-refractivity contribution < 1.29 is 9.13 Å². The van der Waals surface area contributed by atoms with Crippen molar-refractivity contribution in [3.8, 4) is 5.75 Å². The van der Waals surface area contributed by atoms with Crippen molar-refractivity contribution in [3.63, 3.8) is 0 Å². The molecule has 0 saturated heterocycles. The Kier molecular flexibility index (Phi) is 4.06. The molecule has 1 aromatic carbocycles. The van der Waals surface area contributed by atoms with E-state index in [1.807, 2.05) is 6.07 Å². The number of nitrogens with two attached hydrogens (primary N) is 1. The van der Waals surface area contributed by atoms with Gasteiger partial charge in [0.05, 0.1) is 0 Å². The minimum Gasteiger partial charge on any atom is -0.489 e. The molecule has 2 rings (SSSR count). The molecule has 0 saturated carbocycles. The van der Waals surface area contributed by atoms with Crippen LogP contribution in [-0.2, 0) is 6.61 Å². The number of hydrogen-bond donors (Lipinski definition) is 1. The topological polar surface area (TPSA) is 48.1 Å². The predicted octanol–water partition coefficient (Wildman–Crippen LogP) is 2.74. The number of nitrogens with zero attached hydrogens (tertiary/aromatic N) is 1. The van der Waals surface area contributed by atoms with E-state index in [1.165, 1.54) is 6.07 Å². The lowest BCUT2D eigenvalue weighted by molar-refractivity contribution is 0.304. The van der Waals surface area contributed by atoms with E-state index in [2.05, 4.69) is 4.98 Å². The van der Waals surface area contributed by atoms with Gasteiger partial charge in [-0.1, -0.05) is 24.4 Å². The standard InChI is InChI=1S/C14H13FN2OS/c1-9-4-5-11(7-12(9)15)18-8-10-3-2-6-17-13(10)14(16)19/h2-7H,8H2,1H3,(H2,16,19). The predicted molar refractivity (Wildman–Crippen MR) is 75.6 cm³/mol. The Bertz CT molecular complexity index is 616. The normalized spacial score (nSPS) is 10.2. The fraction of sp³-hybridized carbons (Fsp3) is 0.143. The fourth-order valence-corrected chi connectivity index (χ4v) is 1.79. The lowest BCUT2D eigenvalue weighted by Gasteiger charge is -2.09. The number of aromatic nitrogens is 1. The van der Waals surface area contributed by atoms with Crippen molar-refractivity contribution in [2.24, 2.45) is 5.73 Å². The highest BCUT2D eigenvalue weighted by atomic mass is 32.1. The first-order valence-electron chi connectivity index (χ1n) is 5.70. The van der Waals surface area contributed by atoms with Crippen molar-refractivity contribution in [1.29, 1.82) is 0 Å².